The molecule has 2 nitrogen and oxygen atoms in total. The predicted molar refractivity (Wildman–Crippen MR) is 87.2 cm³/mol. The fourth-order valence-corrected chi connectivity index (χ4v) is 3.75. The van der Waals surface area contributed by atoms with E-state index in [1.807, 2.05) is 6.07 Å². The van der Waals surface area contributed by atoms with E-state index in [9.17, 15) is 0 Å². The van der Waals surface area contributed by atoms with Crippen LogP contribution in [0.15, 0.2) is 22.7 Å². The Kier molecular flexibility index (Phi) is 5.15. The molecule has 1 N–H and O–H groups in total. The summed E-state index contributed by atoms with van der Waals surface area (Å²) in [5.74, 6) is 0.619. The maximum atomic E-state index is 6.39. The molecule has 1 fully saturated rings. The fraction of sp³-hybridized carbons (Fsp3) is 0.600. The summed E-state index contributed by atoms with van der Waals surface area (Å²) in [5, 5.41) is 4.42. The van der Waals surface area contributed by atoms with Gasteiger partial charge in [0.05, 0.1) is 10.7 Å². The summed E-state index contributed by atoms with van der Waals surface area (Å²) in [6, 6.07) is 7.27. The maximum absolute atomic E-state index is 6.39. The van der Waals surface area contributed by atoms with E-state index in [-0.39, 0.29) is 0 Å². The van der Waals surface area contributed by atoms with E-state index >= 15 is 0 Å². The van der Waals surface area contributed by atoms with Gasteiger partial charge >= 0.3 is 0 Å². The molecule has 0 spiro atoms. The van der Waals surface area contributed by atoms with Gasteiger partial charge in [0.2, 0.25) is 0 Å². The van der Waals surface area contributed by atoms with E-state index in [0.29, 0.717) is 18.0 Å². The highest BCUT2D eigenvalue weighted by Crippen LogP contribution is 2.34. The number of hydrogen-bond acceptors (Lipinski definition) is 2. The number of nitrogens with zero attached hydrogens (tertiary/aromatic N) is 1. The topological polar surface area (TPSA) is 15.3 Å². The first-order valence-corrected chi connectivity index (χ1v) is 8.16. The average molecular weight is 346 g/mol. The first-order chi connectivity index (χ1) is 9.04. The molecule has 1 aliphatic rings. The monoisotopic (exact) mass is 344 g/mol. The largest absolute Gasteiger partial charge is 0.367 e. The van der Waals surface area contributed by atoms with Crippen LogP contribution in [0.3, 0.4) is 0 Å². The van der Waals surface area contributed by atoms with Gasteiger partial charge in [-0.25, -0.2) is 0 Å². The molecule has 0 saturated carbocycles. The van der Waals surface area contributed by atoms with E-state index in [1.54, 1.807) is 0 Å². The van der Waals surface area contributed by atoms with E-state index < -0.39 is 0 Å². The molecule has 1 saturated heterocycles. The van der Waals surface area contributed by atoms with Gasteiger partial charge in [-0.3, -0.25) is 0 Å². The summed E-state index contributed by atoms with van der Waals surface area (Å²) in [5.41, 5.74) is 1.15. The normalized spacial score (nSPS) is 27.6. The highest BCUT2D eigenvalue weighted by molar-refractivity contribution is 9.10. The number of nitrogens with one attached hydrogen (secondary N) is 1. The highest BCUT2D eigenvalue weighted by atomic mass is 79.9. The highest BCUT2D eigenvalue weighted by Gasteiger charge is 2.32. The molecule has 1 aromatic carbocycles. The molecule has 4 heteroatoms. The van der Waals surface area contributed by atoms with Crippen molar-refractivity contribution in [1.82, 2.24) is 5.32 Å². The van der Waals surface area contributed by atoms with Crippen molar-refractivity contribution in [3.63, 3.8) is 0 Å². The number of rotatable bonds is 3. The van der Waals surface area contributed by atoms with Gasteiger partial charge in [0.1, 0.15) is 0 Å². The number of anilines is 1. The molecule has 3 unspecified atom stereocenters. The van der Waals surface area contributed by atoms with Crippen LogP contribution in [0.2, 0.25) is 5.02 Å². The van der Waals surface area contributed by atoms with Crippen molar-refractivity contribution < 1.29 is 0 Å². The van der Waals surface area contributed by atoms with Crippen LogP contribution in [-0.2, 0) is 0 Å². The van der Waals surface area contributed by atoms with E-state index in [0.717, 1.165) is 28.3 Å². The van der Waals surface area contributed by atoms with Gasteiger partial charge in [-0.2, -0.15) is 0 Å². The Morgan fingerprint density at radius 3 is 2.79 bits per heavy atom. The van der Waals surface area contributed by atoms with Gasteiger partial charge < -0.3 is 10.2 Å². The molecule has 0 aromatic heterocycles. The lowest BCUT2D eigenvalue weighted by atomic mass is 9.86. The number of hydrogen-bond donors (Lipinski definition) is 1. The molecule has 3 atom stereocenters. The van der Waals surface area contributed by atoms with Crippen LogP contribution in [0.4, 0.5) is 5.69 Å². The zero-order chi connectivity index (χ0) is 14.0. The van der Waals surface area contributed by atoms with Crippen LogP contribution in [0.25, 0.3) is 0 Å². The van der Waals surface area contributed by atoms with E-state index in [4.69, 9.17) is 11.6 Å². The molecular weight excluding hydrogens is 324 g/mol. The molecule has 1 aromatic rings. The first kappa shape index (κ1) is 15.1. The van der Waals surface area contributed by atoms with Crippen molar-refractivity contribution in [2.24, 2.45) is 5.92 Å². The summed E-state index contributed by atoms with van der Waals surface area (Å²) in [4.78, 5) is 2.44. The summed E-state index contributed by atoms with van der Waals surface area (Å²) in [6.07, 6.45) is 1.17. The molecular formula is C15H22BrClN2. The van der Waals surface area contributed by atoms with Crippen LogP contribution in [0.1, 0.15) is 27.2 Å². The molecule has 1 heterocycles. The van der Waals surface area contributed by atoms with E-state index in [2.05, 4.69) is 59.1 Å². The summed E-state index contributed by atoms with van der Waals surface area (Å²) >= 11 is 9.85. The SMILES string of the molecule is CCNC1CCN(c2ccc(Br)cc2Cl)C(C)C1C. The summed E-state index contributed by atoms with van der Waals surface area (Å²) in [6.45, 7) is 8.91. The molecule has 0 aliphatic carbocycles. The molecule has 2 rings (SSSR count). The second-order valence-corrected chi connectivity index (χ2v) is 6.66. The Morgan fingerprint density at radius 1 is 1.42 bits per heavy atom. The average Bonchev–Trinajstić information content (AvgIpc) is 2.37. The Balaban J connectivity index is 2.18. The van der Waals surface area contributed by atoms with Crippen LogP contribution in [0, 0.1) is 5.92 Å². The van der Waals surface area contributed by atoms with Gasteiger partial charge in [-0.1, -0.05) is 41.4 Å². The Labute approximate surface area is 129 Å². The second-order valence-electron chi connectivity index (χ2n) is 5.34. The zero-order valence-corrected chi connectivity index (χ0v) is 14.1. The molecule has 0 amide bonds. The number of benzene rings is 1. The number of halogens is 2. The van der Waals surface area contributed by atoms with Crippen molar-refractivity contribution in [2.45, 2.75) is 39.3 Å². The third kappa shape index (κ3) is 3.26. The summed E-state index contributed by atoms with van der Waals surface area (Å²) in [7, 11) is 0. The summed E-state index contributed by atoms with van der Waals surface area (Å²) < 4.78 is 1.03. The molecule has 1 aliphatic heterocycles. The second kappa shape index (κ2) is 6.47. The molecule has 0 bridgehead atoms. The van der Waals surface area contributed by atoms with Gasteiger partial charge in [-0.05, 0) is 44.0 Å². The standard InChI is InChI=1S/C15H22BrClN2/c1-4-18-14-7-8-19(11(3)10(14)2)15-6-5-12(16)9-13(15)17/h5-6,9-11,14,18H,4,7-8H2,1-3H3. The fourth-order valence-electron chi connectivity index (χ4n) is 2.97. The minimum Gasteiger partial charge on any atom is -0.367 e. The van der Waals surface area contributed by atoms with Crippen molar-refractivity contribution in [3.05, 3.63) is 27.7 Å². The third-order valence-corrected chi connectivity index (χ3v) is 5.05. The lowest BCUT2D eigenvalue weighted by molar-refractivity contribution is 0.274. The Hall–Kier alpha value is -0.250. The Morgan fingerprint density at radius 2 is 2.16 bits per heavy atom. The quantitative estimate of drug-likeness (QED) is 0.878. The van der Waals surface area contributed by atoms with Crippen molar-refractivity contribution in [1.29, 1.82) is 0 Å². The first-order valence-electron chi connectivity index (χ1n) is 6.99. The van der Waals surface area contributed by atoms with Crippen LogP contribution >= 0.6 is 27.5 Å². The Bertz CT molecular complexity index is 438. The van der Waals surface area contributed by atoms with Crippen molar-refractivity contribution >= 4 is 33.2 Å². The minimum atomic E-state index is 0.497. The van der Waals surface area contributed by atoms with Crippen LogP contribution in [0.5, 0.6) is 0 Å². The van der Waals surface area contributed by atoms with Gasteiger partial charge in [0.15, 0.2) is 0 Å². The molecule has 19 heavy (non-hydrogen) atoms. The number of piperidine rings is 1. The third-order valence-electron chi connectivity index (χ3n) is 4.25. The lowest BCUT2D eigenvalue weighted by Gasteiger charge is -2.44. The van der Waals surface area contributed by atoms with Gasteiger partial charge in [0.25, 0.3) is 0 Å². The van der Waals surface area contributed by atoms with Gasteiger partial charge in [0, 0.05) is 23.1 Å². The van der Waals surface area contributed by atoms with Gasteiger partial charge in [-0.15, -0.1) is 0 Å². The van der Waals surface area contributed by atoms with Crippen molar-refractivity contribution in [2.75, 3.05) is 18.0 Å². The van der Waals surface area contributed by atoms with E-state index in [1.165, 1.54) is 6.42 Å². The van der Waals surface area contributed by atoms with Crippen LogP contribution in [-0.4, -0.2) is 25.2 Å². The zero-order valence-electron chi connectivity index (χ0n) is 11.8. The maximum Gasteiger partial charge on any atom is 0.0650 e. The predicted octanol–water partition coefficient (Wildman–Crippen LogP) is 4.32. The smallest absolute Gasteiger partial charge is 0.0650 e. The minimum absolute atomic E-state index is 0.497. The lowest BCUT2D eigenvalue weighted by Crippen LogP contribution is -2.53. The van der Waals surface area contributed by atoms with Crippen LogP contribution < -0.4 is 10.2 Å². The molecule has 0 radical (unpaired) electrons. The molecule has 106 valence electrons. The van der Waals surface area contributed by atoms with Crippen molar-refractivity contribution in [3.8, 4) is 0 Å².